The Bertz CT molecular complexity index is 705. The molecule has 0 spiro atoms. The van der Waals surface area contributed by atoms with Crippen LogP contribution >= 0.6 is 0 Å². The number of likely N-dealkylation sites (tertiary alicyclic amines) is 1. The van der Waals surface area contributed by atoms with E-state index in [4.69, 9.17) is 0 Å². The predicted octanol–water partition coefficient (Wildman–Crippen LogP) is 1.72. The molecule has 2 aromatic rings. The van der Waals surface area contributed by atoms with E-state index in [-0.39, 0.29) is 0 Å². The van der Waals surface area contributed by atoms with Crippen molar-refractivity contribution in [3.63, 3.8) is 0 Å². The van der Waals surface area contributed by atoms with Crippen LogP contribution < -0.4 is 4.90 Å². The summed E-state index contributed by atoms with van der Waals surface area (Å²) in [4.78, 5) is 11.2. The SMILES string of the molecule is CN(C)Cc1nnc(C2CCCN(Cc3ccc(N(C)C)nc3)C2)n1C. The maximum Gasteiger partial charge on any atom is 0.146 e. The zero-order valence-corrected chi connectivity index (χ0v) is 16.7. The molecule has 3 heterocycles. The minimum atomic E-state index is 0.450. The zero-order valence-electron chi connectivity index (χ0n) is 16.7. The Morgan fingerprint density at radius 3 is 2.62 bits per heavy atom. The molecule has 1 atom stereocenters. The van der Waals surface area contributed by atoms with Crippen molar-refractivity contribution < 1.29 is 0 Å². The highest BCUT2D eigenvalue weighted by Gasteiger charge is 2.26. The second kappa shape index (κ2) is 8.14. The number of rotatable bonds is 6. The van der Waals surface area contributed by atoms with E-state index in [0.29, 0.717) is 5.92 Å². The van der Waals surface area contributed by atoms with E-state index in [1.54, 1.807) is 0 Å². The van der Waals surface area contributed by atoms with Gasteiger partial charge in [0.05, 0.1) is 6.54 Å². The van der Waals surface area contributed by atoms with Crippen molar-refractivity contribution in [1.82, 2.24) is 29.5 Å². The van der Waals surface area contributed by atoms with E-state index in [1.807, 2.05) is 25.2 Å². The van der Waals surface area contributed by atoms with Crippen LogP contribution in [0.2, 0.25) is 0 Å². The Morgan fingerprint density at radius 1 is 1.15 bits per heavy atom. The van der Waals surface area contributed by atoms with Crippen LogP contribution in [-0.2, 0) is 20.1 Å². The first-order valence-electron chi connectivity index (χ1n) is 9.31. The first-order chi connectivity index (χ1) is 12.4. The highest BCUT2D eigenvalue weighted by atomic mass is 15.3. The average molecular weight is 358 g/mol. The number of aromatic nitrogens is 4. The molecule has 0 radical (unpaired) electrons. The molecule has 1 fully saturated rings. The number of hydrogen-bond acceptors (Lipinski definition) is 6. The quantitative estimate of drug-likeness (QED) is 0.785. The molecule has 1 saturated heterocycles. The third-order valence-corrected chi connectivity index (χ3v) is 5.00. The van der Waals surface area contributed by atoms with E-state index in [2.05, 4.69) is 62.8 Å². The van der Waals surface area contributed by atoms with Crippen LogP contribution in [0.1, 0.15) is 36.0 Å². The van der Waals surface area contributed by atoms with Gasteiger partial charge < -0.3 is 14.4 Å². The minimum Gasteiger partial charge on any atom is -0.363 e. The molecule has 0 bridgehead atoms. The Morgan fingerprint density at radius 2 is 1.96 bits per heavy atom. The third kappa shape index (κ3) is 4.40. The lowest BCUT2D eigenvalue weighted by Crippen LogP contribution is -2.35. The normalized spacial score (nSPS) is 18.5. The van der Waals surface area contributed by atoms with Crippen molar-refractivity contribution in [2.45, 2.75) is 31.8 Å². The van der Waals surface area contributed by atoms with Gasteiger partial charge >= 0.3 is 0 Å². The molecule has 1 aliphatic rings. The van der Waals surface area contributed by atoms with Crippen LogP contribution in [-0.4, -0.2) is 70.8 Å². The van der Waals surface area contributed by atoms with Crippen LogP contribution in [0.4, 0.5) is 5.82 Å². The van der Waals surface area contributed by atoms with Gasteiger partial charge in [0.15, 0.2) is 0 Å². The van der Waals surface area contributed by atoms with Gasteiger partial charge in [0.1, 0.15) is 17.5 Å². The van der Waals surface area contributed by atoms with Crippen molar-refractivity contribution in [1.29, 1.82) is 0 Å². The molecule has 7 heteroatoms. The van der Waals surface area contributed by atoms with E-state index in [1.165, 1.54) is 18.4 Å². The van der Waals surface area contributed by atoms with Gasteiger partial charge in [0, 0.05) is 46.3 Å². The summed E-state index contributed by atoms with van der Waals surface area (Å²) < 4.78 is 2.18. The standard InChI is InChI=1S/C19H31N7/c1-23(2)14-18-21-22-19(25(18)5)16-7-6-10-26(13-16)12-15-8-9-17(20-11-15)24(3)4/h8-9,11,16H,6-7,10,12-14H2,1-5H3. The first-order valence-corrected chi connectivity index (χ1v) is 9.31. The molecule has 0 N–H and O–H groups in total. The van der Waals surface area contributed by atoms with Gasteiger partial charge in [-0.25, -0.2) is 4.98 Å². The summed E-state index contributed by atoms with van der Waals surface area (Å²) in [5.41, 5.74) is 1.27. The molecule has 26 heavy (non-hydrogen) atoms. The fourth-order valence-electron chi connectivity index (χ4n) is 3.59. The number of piperidine rings is 1. The van der Waals surface area contributed by atoms with Gasteiger partial charge in [-0.15, -0.1) is 10.2 Å². The molecule has 1 unspecified atom stereocenters. The summed E-state index contributed by atoms with van der Waals surface area (Å²) in [5, 5.41) is 8.91. The second-order valence-corrected chi connectivity index (χ2v) is 7.76. The van der Waals surface area contributed by atoms with Crippen LogP contribution in [0.25, 0.3) is 0 Å². The van der Waals surface area contributed by atoms with Gasteiger partial charge in [0.25, 0.3) is 0 Å². The Kier molecular flexibility index (Phi) is 5.88. The molecule has 0 saturated carbocycles. The van der Waals surface area contributed by atoms with Gasteiger partial charge in [-0.3, -0.25) is 4.90 Å². The summed E-state index contributed by atoms with van der Waals surface area (Å²) in [5.74, 6) is 3.60. The molecule has 142 valence electrons. The fourth-order valence-corrected chi connectivity index (χ4v) is 3.59. The molecule has 1 aliphatic heterocycles. The van der Waals surface area contributed by atoms with Gasteiger partial charge in [0.2, 0.25) is 0 Å². The summed E-state index contributed by atoms with van der Waals surface area (Å²) in [7, 11) is 10.3. The molecule has 7 nitrogen and oxygen atoms in total. The van der Waals surface area contributed by atoms with Crippen LogP contribution in [0, 0.1) is 0 Å². The van der Waals surface area contributed by atoms with E-state index in [9.17, 15) is 0 Å². The average Bonchev–Trinajstić information content (AvgIpc) is 2.96. The van der Waals surface area contributed by atoms with E-state index >= 15 is 0 Å². The Balaban J connectivity index is 1.65. The van der Waals surface area contributed by atoms with Gasteiger partial charge in [-0.05, 0) is 45.1 Å². The Labute approximate surface area is 156 Å². The van der Waals surface area contributed by atoms with Crippen molar-refractivity contribution in [3.05, 3.63) is 35.5 Å². The fraction of sp³-hybridized carbons (Fsp3) is 0.632. The highest BCUT2D eigenvalue weighted by Crippen LogP contribution is 2.27. The highest BCUT2D eigenvalue weighted by molar-refractivity contribution is 5.37. The van der Waals surface area contributed by atoms with Crippen molar-refractivity contribution >= 4 is 5.82 Å². The molecule has 0 aliphatic carbocycles. The second-order valence-electron chi connectivity index (χ2n) is 7.76. The third-order valence-electron chi connectivity index (χ3n) is 5.00. The molecular formula is C19H31N7. The molecule has 2 aromatic heterocycles. The minimum absolute atomic E-state index is 0.450. The zero-order chi connectivity index (χ0) is 18.7. The summed E-state index contributed by atoms with van der Waals surface area (Å²) in [6, 6.07) is 4.27. The lowest BCUT2D eigenvalue weighted by molar-refractivity contribution is 0.194. The van der Waals surface area contributed by atoms with Crippen molar-refractivity contribution in [3.8, 4) is 0 Å². The smallest absolute Gasteiger partial charge is 0.146 e. The van der Waals surface area contributed by atoms with Crippen LogP contribution in [0.5, 0.6) is 0 Å². The first kappa shape index (κ1) is 18.8. The maximum absolute atomic E-state index is 4.53. The monoisotopic (exact) mass is 357 g/mol. The number of nitrogens with zero attached hydrogens (tertiary/aromatic N) is 7. The van der Waals surface area contributed by atoms with Crippen LogP contribution in [0.15, 0.2) is 18.3 Å². The lowest BCUT2D eigenvalue weighted by atomic mass is 9.97. The van der Waals surface area contributed by atoms with E-state index in [0.717, 1.165) is 43.6 Å². The van der Waals surface area contributed by atoms with Gasteiger partial charge in [-0.2, -0.15) is 0 Å². The predicted molar refractivity (Wildman–Crippen MR) is 104 cm³/mol. The topological polar surface area (TPSA) is 53.3 Å². The van der Waals surface area contributed by atoms with Crippen molar-refractivity contribution in [2.75, 3.05) is 46.2 Å². The molecule has 0 aromatic carbocycles. The number of pyridine rings is 1. The van der Waals surface area contributed by atoms with Crippen LogP contribution in [0.3, 0.4) is 0 Å². The van der Waals surface area contributed by atoms with Gasteiger partial charge in [-0.1, -0.05) is 6.07 Å². The summed E-state index contributed by atoms with van der Waals surface area (Å²) in [6.45, 7) is 3.93. The number of anilines is 1. The molecule has 0 amide bonds. The largest absolute Gasteiger partial charge is 0.363 e. The molecule has 3 rings (SSSR count). The lowest BCUT2D eigenvalue weighted by Gasteiger charge is -2.32. The Hall–Kier alpha value is -1.99. The maximum atomic E-state index is 4.53. The number of hydrogen-bond donors (Lipinski definition) is 0. The summed E-state index contributed by atoms with van der Waals surface area (Å²) >= 11 is 0. The van der Waals surface area contributed by atoms with Crippen molar-refractivity contribution in [2.24, 2.45) is 7.05 Å². The summed E-state index contributed by atoms with van der Waals surface area (Å²) in [6.07, 6.45) is 4.38. The van der Waals surface area contributed by atoms with E-state index < -0.39 is 0 Å². The molecular weight excluding hydrogens is 326 g/mol.